The first kappa shape index (κ1) is 8.20. The summed E-state index contributed by atoms with van der Waals surface area (Å²) in [5, 5.41) is 10.4. The topological polar surface area (TPSA) is 20.2 Å². The molecule has 0 heterocycles. The maximum atomic E-state index is 10.4. The van der Waals surface area contributed by atoms with Gasteiger partial charge in [0.2, 0.25) is 0 Å². The van der Waals surface area contributed by atoms with Crippen molar-refractivity contribution in [1.82, 2.24) is 0 Å². The Kier molecular flexibility index (Phi) is 1.31. The fourth-order valence-electron chi connectivity index (χ4n) is 3.72. The number of hydrogen-bond donors (Lipinski definition) is 1. The zero-order valence-electron chi connectivity index (χ0n) is 8.97. The van der Waals surface area contributed by atoms with Crippen molar-refractivity contribution in [2.75, 3.05) is 0 Å². The molecular formula is C14H16O. The average Bonchev–Trinajstić information content (AvgIpc) is 2.71. The van der Waals surface area contributed by atoms with Crippen molar-refractivity contribution in [3.05, 3.63) is 28.3 Å². The first-order valence-corrected chi connectivity index (χ1v) is 6.17. The molecule has 1 fully saturated rings. The molecule has 1 nitrogen and oxygen atoms in total. The summed E-state index contributed by atoms with van der Waals surface area (Å²) in [5.41, 5.74) is 5.96. The van der Waals surface area contributed by atoms with Gasteiger partial charge in [0.15, 0.2) is 0 Å². The highest BCUT2D eigenvalue weighted by Gasteiger charge is 2.50. The van der Waals surface area contributed by atoms with Gasteiger partial charge in [0.1, 0.15) is 5.75 Å². The van der Waals surface area contributed by atoms with Crippen LogP contribution in [0.4, 0.5) is 0 Å². The summed E-state index contributed by atoms with van der Waals surface area (Å²) in [4.78, 5) is 0. The van der Waals surface area contributed by atoms with E-state index in [0.29, 0.717) is 11.2 Å². The molecule has 0 aliphatic heterocycles. The summed E-state index contributed by atoms with van der Waals surface area (Å²) >= 11 is 0. The Morgan fingerprint density at radius 3 is 2.67 bits per heavy atom. The van der Waals surface area contributed by atoms with Crippen LogP contribution in [0, 0.1) is 0 Å². The van der Waals surface area contributed by atoms with Gasteiger partial charge in [-0.3, -0.25) is 0 Å². The molecule has 0 amide bonds. The van der Waals surface area contributed by atoms with Crippen molar-refractivity contribution in [1.29, 1.82) is 0 Å². The lowest BCUT2D eigenvalue weighted by Crippen LogP contribution is -2.02. The monoisotopic (exact) mass is 200 g/mol. The Morgan fingerprint density at radius 2 is 1.87 bits per heavy atom. The molecule has 0 radical (unpaired) electrons. The standard InChI is InChI=1S/C14H16O/c15-13-11-3-1-2-9(11)8-10-4-5-14(6-7-14)12(10)13/h8,15H,1-7H2. The molecule has 15 heavy (non-hydrogen) atoms. The molecule has 1 heteroatoms. The van der Waals surface area contributed by atoms with Crippen molar-refractivity contribution in [3.8, 4) is 5.75 Å². The molecule has 1 aromatic rings. The Bertz CT molecular complexity index is 455. The number of rotatable bonds is 0. The normalized spacial score (nSPS) is 24.3. The van der Waals surface area contributed by atoms with Gasteiger partial charge in [0, 0.05) is 5.56 Å². The highest BCUT2D eigenvalue weighted by Crippen LogP contribution is 2.60. The maximum absolute atomic E-state index is 10.4. The van der Waals surface area contributed by atoms with E-state index in [1.807, 2.05) is 0 Å². The largest absolute Gasteiger partial charge is 0.507 e. The van der Waals surface area contributed by atoms with E-state index in [0.717, 1.165) is 6.42 Å². The molecule has 0 bridgehead atoms. The number of aryl methyl sites for hydroxylation is 2. The molecular weight excluding hydrogens is 184 g/mol. The number of aromatic hydroxyl groups is 1. The zero-order chi connectivity index (χ0) is 10.0. The van der Waals surface area contributed by atoms with Crippen LogP contribution in [0.2, 0.25) is 0 Å². The van der Waals surface area contributed by atoms with Gasteiger partial charge in [0.05, 0.1) is 0 Å². The molecule has 0 aromatic heterocycles. The van der Waals surface area contributed by atoms with Gasteiger partial charge < -0.3 is 5.11 Å². The predicted molar refractivity (Wildman–Crippen MR) is 59.4 cm³/mol. The number of hydrogen-bond acceptors (Lipinski definition) is 1. The molecule has 1 N–H and O–H groups in total. The van der Waals surface area contributed by atoms with Crippen LogP contribution in [-0.2, 0) is 24.7 Å². The summed E-state index contributed by atoms with van der Waals surface area (Å²) in [5.74, 6) is 0.690. The van der Waals surface area contributed by atoms with Gasteiger partial charge in [0.25, 0.3) is 0 Å². The minimum atomic E-state index is 0.428. The lowest BCUT2D eigenvalue weighted by Gasteiger charge is -2.14. The van der Waals surface area contributed by atoms with Gasteiger partial charge in [-0.05, 0) is 67.1 Å². The molecule has 1 spiro atoms. The Hall–Kier alpha value is -0.980. The van der Waals surface area contributed by atoms with E-state index in [1.165, 1.54) is 60.8 Å². The fourth-order valence-corrected chi connectivity index (χ4v) is 3.72. The molecule has 78 valence electrons. The molecule has 0 saturated heterocycles. The second-order valence-electron chi connectivity index (χ2n) is 5.53. The van der Waals surface area contributed by atoms with Crippen molar-refractivity contribution < 1.29 is 5.11 Å². The molecule has 0 unspecified atom stereocenters. The number of phenols is 1. The first-order chi connectivity index (χ1) is 7.30. The van der Waals surface area contributed by atoms with Crippen molar-refractivity contribution in [2.45, 2.75) is 50.4 Å². The molecule has 3 aliphatic carbocycles. The number of benzene rings is 1. The van der Waals surface area contributed by atoms with Crippen molar-refractivity contribution >= 4 is 0 Å². The first-order valence-electron chi connectivity index (χ1n) is 6.17. The fraction of sp³-hybridized carbons (Fsp3) is 0.571. The van der Waals surface area contributed by atoms with E-state index >= 15 is 0 Å². The quantitative estimate of drug-likeness (QED) is 0.682. The van der Waals surface area contributed by atoms with Crippen molar-refractivity contribution in [2.24, 2.45) is 0 Å². The van der Waals surface area contributed by atoms with Gasteiger partial charge in [-0.25, -0.2) is 0 Å². The van der Waals surface area contributed by atoms with E-state index in [-0.39, 0.29) is 0 Å². The summed E-state index contributed by atoms with van der Waals surface area (Å²) in [6.45, 7) is 0. The second-order valence-corrected chi connectivity index (χ2v) is 5.53. The van der Waals surface area contributed by atoms with Crippen LogP contribution in [0.3, 0.4) is 0 Å². The third kappa shape index (κ3) is 0.895. The summed E-state index contributed by atoms with van der Waals surface area (Å²) in [6, 6.07) is 2.39. The second kappa shape index (κ2) is 2.40. The molecule has 4 rings (SSSR count). The molecule has 1 aromatic carbocycles. The van der Waals surface area contributed by atoms with E-state index in [1.54, 1.807) is 0 Å². The molecule has 3 aliphatic rings. The third-order valence-corrected chi connectivity index (χ3v) is 4.71. The van der Waals surface area contributed by atoms with Gasteiger partial charge in [-0.1, -0.05) is 6.07 Å². The highest BCUT2D eigenvalue weighted by molar-refractivity contribution is 5.59. The SMILES string of the molecule is Oc1c2c(cc3c1C1(CC3)CC1)CCC2. The smallest absolute Gasteiger partial charge is 0.123 e. The van der Waals surface area contributed by atoms with Crippen LogP contribution in [0.5, 0.6) is 5.75 Å². The molecule has 0 atom stereocenters. The van der Waals surface area contributed by atoms with Gasteiger partial charge in [-0.2, -0.15) is 0 Å². The van der Waals surface area contributed by atoms with Crippen LogP contribution in [-0.4, -0.2) is 5.11 Å². The van der Waals surface area contributed by atoms with Crippen LogP contribution in [0.25, 0.3) is 0 Å². The van der Waals surface area contributed by atoms with Gasteiger partial charge in [-0.15, -0.1) is 0 Å². The minimum Gasteiger partial charge on any atom is -0.507 e. The lowest BCUT2D eigenvalue weighted by molar-refractivity contribution is 0.455. The zero-order valence-corrected chi connectivity index (χ0v) is 8.97. The maximum Gasteiger partial charge on any atom is 0.123 e. The minimum absolute atomic E-state index is 0.428. The van der Waals surface area contributed by atoms with E-state index in [2.05, 4.69) is 6.07 Å². The Labute approximate surface area is 90.1 Å². The summed E-state index contributed by atoms with van der Waals surface area (Å²) in [7, 11) is 0. The van der Waals surface area contributed by atoms with Crippen LogP contribution < -0.4 is 0 Å². The Morgan fingerprint density at radius 1 is 1.00 bits per heavy atom. The highest BCUT2D eigenvalue weighted by atomic mass is 16.3. The van der Waals surface area contributed by atoms with Crippen LogP contribution >= 0.6 is 0 Å². The van der Waals surface area contributed by atoms with E-state index in [9.17, 15) is 5.11 Å². The summed E-state index contributed by atoms with van der Waals surface area (Å²) < 4.78 is 0. The number of fused-ring (bicyclic) bond motifs is 3. The Balaban J connectivity index is 2.01. The average molecular weight is 200 g/mol. The van der Waals surface area contributed by atoms with Crippen LogP contribution in [0.1, 0.15) is 47.9 Å². The third-order valence-electron chi connectivity index (χ3n) is 4.71. The predicted octanol–water partition coefficient (Wildman–Crippen LogP) is 2.86. The van der Waals surface area contributed by atoms with E-state index in [4.69, 9.17) is 0 Å². The van der Waals surface area contributed by atoms with Gasteiger partial charge >= 0.3 is 0 Å². The summed E-state index contributed by atoms with van der Waals surface area (Å²) in [6.07, 6.45) is 8.64. The lowest BCUT2D eigenvalue weighted by atomic mass is 9.93. The molecule has 1 saturated carbocycles. The van der Waals surface area contributed by atoms with E-state index < -0.39 is 0 Å². The van der Waals surface area contributed by atoms with Crippen LogP contribution in [0.15, 0.2) is 6.07 Å². The van der Waals surface area contributed by atoms with Crippen molar-refractivity contribution in [3.63, 3.8) is 0 Å². The number of phenolic OH excluding ortho intramolecular Hbond substituents is 1.